The predicted molar refractivity (Wildman–Crippen MR) is 108 cm³/mol. The van der Waals surface area contributed by atoms with Gasteiger partial charge in [-0.3, -0.25) is 9.59 Å². The van der Waals surface area contributed by atoms with Crippen molar-refractivity contribution in [3.8, 4) is 11.5 Å². The maximum Gasteiger partial charge on any atom is 0.254 e. The summed E-state index contributed by atoms with van der Waals surface area (Å²) in [5.74, 6) is 1.81. The minimum atomic E-state index is -0.0717. The van der Waals surface area contributed by atoms with Gasteiger partial charge in [0.05, 0.1) is 31.7 Å². The van der Waals surface area contributed by atoms with Crippen LogP contribution in [0.5, 0.6) is 11.5 Å². The van der Waals surface area contributed by atoms with E-state index < -0.39 is 0 Å². The molecule has 0 spiro atoms. The fourth-order valence-electron chi connectivity index (χ4n) is 3.81. The Labute approximate surface area is 168 Å². The lowest BCUT2D eigenvalue weighted by Crippen LogP contribution is -2.31. The van der Waals surface area contributed by atoms with E-state index in [1.807, 2.05) is 35.2 Å². The maximum absolute atomic E-state index is 13.3. The molecule has 1 saturated heterocycles. The molecule has 0 aromatic heterocycles. The molecule has 1 fully saturated rings. The number of nitrogens with zero attached hydrogens (tertiary/aromatic N) is 1. The highest BCUT2D eigenvalue weighted by Crippen LogP contribution is 2.40. The van der Waals surface area contributed by atoms with E-state index in [1.54, 1.807) is 20.3 Å². The lowest BCUT2D eigenvalue weighted by atomic mass is 10.0. The zero-order valence-corrected chi connectivity index (χ0v) is 16.7. The molecule has 0 saturated carbocycles. The van der Waals surface area contributed by atoms with Crippen molar-refractivity contribution in [1.82, 2.24) is 4.90 Å². The average molecular weight is 398 g/mol. The van der Waals surface area contributed by atoms with E-state index in [1.165, 1.54) is 11.8 Å². The molecule has 0 bridgehead atoms. The number of carbonyl (C=O) groups excluding carboxylic acids is 2. The lowest BCUT2D eigenvalue weighted by molar-refractivity contribution is -0.113. The van der Waals surface area contributed by atoms with E-state index in [9.17, 15) is 9.59 Å². The second-order valence-electron chi connectivity index (χ2n) is 6.81. The Kier molecular flexibility index (Phi) is 5.17. The van der Waals surface area contributed by atoms with Gasteiger partial charge in [-0.25, -0.2) is 0 Å². The number of fused-ring (bicyclic) bond motifs is 1. The number of hydrogen-bond donors (Lipinski definition) is 1. The largest absolute Gasteiger partial charge is 0.497 e. The van der Waals surface area contributed by atoms with Gasteiger partial charge in [0.1, 0.15) is 11.5 Å². The van der Waals surface area contributed by atoms with Gasteiger partial charge < -0.3 is 19.7 Å². The molecule has 2 amide bonds. The van der Waals surface area contributed by atoms with Crippen LogP contribution >= 0.6 is 11.8 Å². The molecule has 28 heavy (non-hydrogen) atoms. The highest BCUT2D eigenvalue weighted by molar-refractivity contribution is 8.00. The molecule has 2 heterocycles. The molecule has 2 aromatic carbocycles. The highest BCUT2D eigenvalue weighted by Gasteiger charge is 2.33. The summed E-state index contributed by atoms with van der Waals surface area (Å²) in [6, 6.07) is 11.1. The topological polar surface area (TPSA) is 67.9 Å². The molecule has 1 atom stereocenters. The number of nitrogens with one attached hydrogen (secondary N) is 1. The third kappa shape index (κ3) is 3.42. The van der Waals surface area contributed by atoms with Crippen molar-refractivity contribution in [3.63, 3.8) is 0 Å². The molecular weight excluding hydrogens is 376 g/mol. The molecule has 2 aromatic rings. The second-order valence-corrected chi connectivity index (χ2v) is 7.83. The summed E-state index contributed by atoms with van der Waals surface area (Å²) in [4.78, 5) is 27.8. The number of benzene rings is 2. The third-order valence-electron chi connectivity index (χ3n) is 5.17. The summed E-state index contributed by atoms with van der Waals surface area (Å²) in [7, 11) is 3.26. The monoisotopic (exact) mass is 398 g/mol. The Morgan fingerprint density at radius 1 is 1.18 bits per heavy atom. The first-order valence-electron chi connectivity index (χ1n) is 9.20. The Morgan fingerprint density at radius 3 is 2.82 bits per heavy atom. The molecule has 0 unspecified atom stereocenters. The molecule has 0 aliphatic carbocycles. The van der Waals surface area contributed by atoms with Crippen molar-refractivity contribution < 1.29 is 19.1 Å². The zero-order valence-electron chi connectivity index (χ0n) is 15.9. The summed E-state index contributed by atoms with van der Waals surface area (Å²) in [6.07, 6.45) is 1.79. The van der Waals surface area contributed by atoms with Crippen molar-refractivity contribution in [2.24, 2.45) is 0 Å². The van der Waals surface area contributed by atoms with Crippen molar-refractivity contribution in [1.29, 1.82) is 0 Å². The number of hydrogen-bond acceptors (Lipinski definition) is 5. The van der Waals surface area contributed by atoms with E-state index >= 15 is 0 Å². The van der Waals surface area contributed by atoms with Gasteiger partial charge in [0.25, 0.3) is 5.91 Å². The molecule has 2 aliphatic heterocycles. The minimum Gasteiger partial charge on any atom is -0.497 e. The van der Waals surface area contributed by atoms with Crippen LogP contribution in [0.25, 0.3) is 0 Å². The Balaban J connectivity index is 1.65. The molecule has 2 aliphatic rings. The van der Waals surface area contributed by atoms with Crippen LogP contribution in [0.4, 0.5) is 5.69 Å². The number of thioether (sulfide) groups is 1. The number of ether oxygens (including phenoxy) is 2. The SMILES string of the molecule is COc1ccc(OC)c([C@H]2CCCN2C(=O)c2ccc3c(c2)NC(=O)CS3)c1. The second kappa shape index (κ2) is 7.75. The van der Waals surface area contributed by atoms with Gasteiger partial charge in [0, 0.05) is 22.6 Å². The Hall–Kier alpha value is -2.67. The van der Waals surface area contributed by atoms with Crippen molar-refractivity contribution >= 4 is 29.3 Å². The van der Waals surface area contributed by atoms with Crippen LogP contribution in [-0.4, -0.2) is 43.2 Å². The zero-order chi connectivity index (χ0) is 19.7. The summed E-state index contributed by atoms with van der Waals surface area (Å²) in [5, 5.41) is 2.85. The van der Waals surface area contributed by atoms with E-state index in [2.05, 4.69) is 5.32 Å². The van der Waals surface area contributed by atoms with Crippen LogP contribution in [0.3, 0.4) is 0 Å². The average Bonchev–Trinajstić information content (AvgIpc) is 3.21. The van der Waals surface area contributed by atoms with Gasteiger partial charge in [-0.2, -0.15) is 0 Å². The summed E-state index contributed by atoms with van der Waals surface area (Å²) in [6.45, 7) is 0.683. The summed E-state index contributed by atoms with van der Waals surface area (Å²) in [5.41, 5.74) is 2.24. The van der Waals surface area contributed by atoms with Gasteiger partial charge in [-0.1, -0.05) is 0 Å². The first-order chi connectivity index (χ1) is 13.6. The van der Waals surface area contributed by atoms with Gasteiger partial charge in [-0.05, 0) is 49.2 Å². The molecule has 4 rings (SSSR count). The molecule has 7 heteroatoms. The molecule has 6 nitrogen and oxygen atoms in total. The van der Waals surface area contributed by atoms with E-state index in [0.29, 0.717) is 23.5 Å². The predicted octanol–water partition coefficient (Wildman–Crippen LogP) is 3.73. The number of amides is 2. The van der Waals surface area contributed by atoms with Crippen LogP contribution in [0.1, 0.15) is 34.8 Å². The Morgan fingerprint density at radius 2 is 2.04 bits per heavy atom. The first kappa shape index (κ1) is 18.7. The van der Waals surface area contributed by atoms with Crippen LogP contribution in [0, 0.1) is 0 Å². The minimum absolute atomic E-state index is 0.0396. The fraction of sp³-hybridized carbons (Fsp3) is 0.333. The van der Waals surface area contributed by atoms with E-state index in [4.69, 9.17) is 9.47 Å². The molecular formula is C21H22N2O4S. The van der Waals surface area contributed by atoms with E-state index in [0.717, 1.165) is 34.8 Å². The smallest absolute Gasteiger partial charge is 0.254 e. The van der Waals surface area contributed by atoms with Gasteiger partial charge >= 0.3 is 0 Å². The van der Waals surface area contributed by atoms with Gasteiger partial charge in [0.2, 0.25) is 5.91 Å². The van der Waals surface area contributed by atoms with Crippen molar-refractivity contribution in [3.05, 3.63) is 47.5 Å². The summed E-state index contributed by atoms with van der Waals surface area (Å²) < 4.78 is 10.9. The maximum atomic E-state index is 13.3. The fourth-order valence-corrected chi connectivity index (χ4v) is 4.60. The van der Waals surface area contributed by atoms with Crippen molar-refractivity contribution in [2.75, 3.05) is 31.8 Å². The van der Waals surface area contributed by atoms with Crippen LogP contribution in [0.2, 0.25) is 0 Å². The standard InChI is InChI=1S/C21H22N2O4S/c1-26-14-6-7-18(27-2)15(11-14)17-4-3-9-23(17)21(25)13-5-8-19-16(10-13)22-20(24)12-28-19/h5-8,10-11,17H,3-4,9,12H2,1-2H3,(H,22,24)/t17-/m1/s1. The highest BCUT2D eigenvalue weighted by atomic mass is 32.2. The van der Waals surface area contributed by atoms with E-state index in [-0.39, 0.29) is 17.9 Å². The quantitative estimate of drug-likeness (QED) is 0.850. The number of methoxy groups -OCH3 is 2. The number of rotatable bonds is 4. The first-order valence-corrected chi connectivity index (χ1v) is 10.2. The van der Waals surface area contributed by atoms with Crippen LogP contribution in [0.15, 0.2) is 41.3 Å². The number of carbonyl (C=O) groups is 2. The normalized spacial score (nSPS) is 18.4. The van der Waals surface area contributed by atoms with Crippen LogP contribution in [-0.2, 0) is 4.79 Å². The summed E-state index contributed by atoms with van der Waals surface area (Å²) >= 11 is 1.49. The number of likely N-dealkylation sites (tertiary alicyclic amines) is 1. The molecule has 1 N–H and O–H groups in total. The lowest BCUT2D eigenvalue weighted by Gasteiger charge is -2.27. The van der Waals surface area contributed by atoms with Gasteiger partial charge in [-0.15, -0.1) is 11.8 Å². The number of anilines is 1. The Bertz CT molecular complexity index is 931. The third-order valence-corrected chi connectivity index (χ3v) is 6.24. The van der Waals surface area contributed by atoms with Crippen molar-refractivity contribution in [2.45, 2.75) is 23.8 Å². The molecule has 146 valence electrons. The van der Waals surface area contributed by atoms with Crippen LogP contribution < -0.4 is 14.8 Å². The van der Waals surface area contributed by atoms with Gasteiger partial charge in [0.15, 0.2) is 0 Å². The molecule has 0 radical (unpaired) electrons.